The van der Waals surface area contributed by atoms with E-state index in [-0.39, 0.29) is 16.5 Å². The molecule has 1 heterocycles. The van der Waals surface area contributed by atoms with E-state index in [0.29, 0.717) is 6.07 Å². The summed E-state index contributed by atoms with van der Waals surface area (Å²) in [7, 11) is 0. The summed E-state index contributed by atoms with van der Waals surface area (Å²) in [5.74, 6) is -1.18. The summed E-state index contributed by atoms with van der Waals surface area (Å²) < 4.78 is 37.0. The van der Waals surface area contributed by atoms with Gasteiger partial charge in [0.25, 0.3) is 5.91 Å². The third-order valence-electron chi connectivity index (χ3n) is 2.32. The van der Waals surface area contributed by atoms with E-state index in [1.165, 1.54) is 18.2 Å². The van der Waals surface area contributed by atoms with E-state index in [2.05, 4.69) is 10.4 Å². The zero-order valence-corrected chi connectivity index (χ0v) is 10.4. The Balaban J connectivity index is 2.20. The lowest BCUT2D eigenvalue weighted by Crippen LogP contribution is -2.12. The maximum absolute atomic E-state index is 12.3. The van der Waals surface area contributed by atoms with Crippen LogP contribution < -0.4 is 5.32 Å². The van der Waals surface area contributed by atoms with Crippen LogP contribution in [0.15, 0.2) is 24.3 Å². The molecule has 3 N–H and O–H groups in total. The van der Waals surface area contributed by atoms with Gasteiger partial charge in [-0.25, -0.2) is 0 Å². The number of hydrogen-bond acceptors (Lipinski definition) is 3. The molecular formula is C11H7ClF3N3O2. The zero-order valence-electron chi connectivity index (χ0n) is 9.62. The van der Waals surface area contributed by atoms with Crippen LogP contribution in [0, 0.1) is 0 Å². The van der Waals surface area contributed by atoms with Crippen LogP contribution in [0.4, 0.5) is 18.9 Å². The Morgan fingerprint density at radius 1 is 1.35 bits per heavy atom. The van der Waals surface area contributed by atoms with Gasteiger partial charge in [0.1, 0.15) is 11.4 Å². The SMILES string of the molecule is O=C(Nc1cc(Cl)ccc1O)c1cc(C(F)(F)F)[nH]n1. The van der Waals surface area contributed by atoms with Crippen molar-refractivity contribution in [1.82, 2.24) is 10.2 Å². The first-order valence-electron chi connectivity index (χ1n) is 5.20. The minimum atomic E-state index is -4.62. The second-order valence-corrected chi connectivity index (χ2v) is 4.22. The predicted molar refractivity (Wildman–Crippen MR) is 64.7 cm³/mol. The van der Waals surface area contributed by atoms with E-state index in [4.69, 9.17) is 11.6 Å². The zero-order chi connectivity index (χ0) is 14.9. The third kappa shape index (κ3) is 3.02. The van der Waals surface area contributed by atoms with Gasteiger partial charge in [-0.2, -0.15) is 18.3 Å². The Labute approximate surface area is 115 Å². The number of aromatic nitrogens is 2. The van der Waals surface area contributed by atoms with Crippen molar-refractivity contribution < 1.29 is 23.1 Å². The number of aromatic amines is 1. The molecule has 0 aliphatic carbocycles. The van der Waals surface area contributed by atoms with E-state index in [1.54, 1.807) is 5.10 Å². The summed E-state index contributed by atoms with van der Waals surface area (Å²) in [5.41, 5.74) is -1.63. The van der Waals surface area contributed by atoms with Gasteiger partial charge in [0, 0.05) is 11.1 Å². The highest BCUT2D eigenvalue weighted by Gasteiger charge is 2.33. The smallest absolute Gasteiger partial charge is 0.432 e. The van der Waals surface area contributed by atoms with E-state index in [0.717, 1.165) is 0 Å². The van der Waals surface area contributed by atoms with Crippen molar-refractivity contribution in [2.45, 2.75) is 6.18 Å². The maximum Gasteiger partial charge on any atom is 0.432 e. The Morgan fingerprint density at radius 3 is 2.65 bits per heavy atom. The highest BCUT2D eigenvalue weighted by molar-refractivity contribution is 6.31. The number of nitrogens with zero attached hydrogens (tertiary/aromatic N) is 1. The lowest BCUT2D eigenvalue weighted by Gasteiger charge is -2.05. The molecule has 5 nitrogen and oxygen atoms in total. The van der Waals surface area contributed by atoms with Gasteiger partial charge >= 0.3 is 6.18 Å². The van der Waals surface area contributed by atoms with Crippen LogP contribution in [0.25, 0.3) is 0 Å². The monoisotopic (exact) mass is 305 g/mol. The molecule has 106 valence electrons. The molecule has 0 spiro atoms. The molecule has 0 unspecified atom stereocenters. The highest BCUT2D eigenvalue weighted by atomic mass is 35.5. The fraction of sp³-hybridized carbons (Fsp3) is 0.0909. The summed E-state index contributed by atoms with van der Waals surface area (Å²) in [5, 5.41) is 16.9. The number of amides is 1. The summed E-state index contributed by atoms with van der Waals surface area (Å²) in [4.78, 5) is 11.7. The molecule has 0 aliphatic rings. The summed E-state index contributed by atoms with van der Waals surface area (Å²) in [6, 6.07) is 4.45. The first kappa shape index (κ1) is 14.2. The number of alkyl halides is 3. The molecule has 0 bridgehead atoms. The van der Waals surface area contributed by atoms with Gasteiger partial charge in [-0.15, -0.1) is 0 Å². The molecule has 0 saturated heterocycles. The number of phenols is 1. The topological polar surface area (TPSA) is 78.0 Å². The van der Waals surface area contributed by atoms with Crippen molar-refractivity contribution in [3.05, 3.63) is 40.7 Å². The van der Waals surface area contributed by atoms with Gasteiger partial charge in [-0.3, -0.25) is 9.89 Å². The standard InChI is InChI=1S/C11H7ClF3N3O2/c12-5-1-2-8(19)6(3-5)16-10(20)7-4-9(18-17-7)11(13,14)15/h1-4,19H,(H,16,20)(H,17,18). The molecule has 20 heavy (non-hydrogen) atoms. The highest BCUT2D eigenvalue weighted by Crippen LogP contribution is 2.29. The van der Waals surface area contributed by atoms with Crippen LogP contribution in [0.2, 0.25) is 5.02 Å². The predicted octanol–water partition coefficient (Wildman–Crippen LogP) is 3.04. The van der Waals surface area contributed by atoms with Crippen molar-refractivity contribution in [3.8, 4) is 5.75 Å². The van der Waals surface area contributed by atoms with Gasteiger partial charge in [0.05, 0.1) is 5.69 Å². The number of rotatable bonds is 2. The van der Waals surface area contributed by atoms with Gasteiger partial charge in [0.15, 0.2) is 5.69 Å². The van der Waals surface area contributed by atoms with E-state index >= 15 is 0 Å². The number of nitrogens with one attached hydrogen (secondary N) is 2. The summed E-state index contributed by atoms with van der Waals surface area (Å²) >= 11 is 5.68. The maximum atomic E-state index is 12.3. The number of aromatic hydroxyl groups is 1. The van der Waals surface area contributed by atoms with Crippen LogP contribution >= 0.6 is 11.6 Å². The molecular weight excluding hydrogens is 299 g/mol. The van der Waals surface area contributed by atoms with E-state index < -0.39 is 23.5 Å². The molecule has 2 rings (SSSR count). The van der Waals surface area contributed by atoms with Crippen molar-refractivity contribution in [3.63, 3.8) is 0 Å². The number of halogens is 4. The van der Waals surface area contributed by atoms with Gasteiger partial charge < -0.3 is 10.4 Å². The molecule has 0 atom stereocenters. The summed E-state index contributed by atoms with van der Waals surface area (Å²) in [6.45, 7) is 0. The second kappa shape index (κ2) is 5.04. The van der Waals surface area contributed by atoms with E-state index in [9.17, 15) is 23.1 Å². The van der Waals surface area contributed by atoms with Crippen LogP contribution in [0.1, 0.15) is 16.2 Å². The van der Waals surface area contributed by atoms with Crippen LogP contribution in [-0.4, -0.2) is 21.2 Å². The molecule has 1 aromatic carbocycles. The molecule has 1 amide bonds. The van der Waals surface area contributed by atoms with Crippen molar-refractivity contribution in [2.75, 3.05) is 5.32 Å². The number of carbonyl (C=O) groups excluding carboxylic acids is 1. The minimum Gasteiger partial charge on any atom is -0.506 e. The Kier molecular flexibility index (Phi) is 3.58. The van der Waals surface area contributed by atoms with Crippen molar-refractivity contribution in [2.24, 2.45) is 0 Å². The molecule has 0 radical (unpaired) electrons. The molecule has 2 aromatic rings. The molecule has 0 saturated carbocycles. The largest absolute Gasteiger partial charge is 0.506 e. The molecule has 1 aromatic heterocycles. The second-order valence-electron chi connectivity index (χ2n) is 3.78. The number of carbonyl (C=O) groups is 1. The van der Waals surface area contributed by atoms with Crippen LogP contribution in [0.5, 0.6) is 5.75 Å². The fourth-order valence-electron chi connectivity index (χ4n) is 1.38. The van der Waals surface area contributed by atoms with Crippen molar-refractivity contribution in [1.29, 1.82) is 0 Å². The number of anilines is 1. The lowest BCUT2D eigenvalue weighted by molar-refractivity contribution is -0.141. The average Bonchev–Trinajstić information content (AvgIpc) is 2.83. The van der Waals surface area contributed by atoms with Crippen molar-refractivity contribution >= 4 is 23.2 Å². The normalized spacial score (nSPS) is 11.4. The molecule has 0 aliphatic heterocycles. The average molecular weight is 306 g/mol. The van der Waals surface area contributed by atoms with Gasteiger partial charge in [-0.05, 0) is 18.2 Å². The van der Waals surface area contributed by atoms with Gasteiger partial charge in [0.2, 0.25) is 0 Å². The Bertz CT molecular complexity index is 655. The lowest BCUT2D eigenvalue weighted by atomic mass is 10.2. The van der Waals surface area contributed by atoms with Gasteiger partial charge in [-0.1, -0.05) is 11.6 Å². The number of H-pyrrole nitrogens is 1. The first-order chi connectivity index (χ1) is 9.27. The molecule has 0 fully saturated rings. The number of benzene rings is 1. The quantitative estimate of drug-likeness (QED) is 0.746. The van der Waals surface area contributed by atoms with Crippen LogP contribution in [0.3, 0.4) is 0 Å². The fourth-order valence-corrected chi connectivity index (χ4v) is 1.55. The minimum absolute atomic E-state index is 0.0286. The first-order valence-corrected chi connectivity index (χ1v) is 5.57. The van der Waals surface area contributed by atoms with Crippen LogP contribution in [-0.2, 0) is 6.18 Å². The third-order valence-corrected chi connectivity index (χ3v) is 2.56. The number of hydrogen-bond donors (Lipinski definition) is 3. The molecule has 9 heteroatoms. The number of phenolic OH excluding ortho intramolecular Hbond substituents is 1. The van der Waals surface area contributed by atoms with E-state index in [1.807, 2.05) is 0 Å². The Morgan fingerprint density at radius 2 is 2.05 bits per heavy atom. The Hall–Kier alpha value is -2.22. The summed E-state index contributed by atoms with van der Waals surface area (Å²) in [6.07, 6.45) is -4.62.